The van der Waals surface area contributed by atoms with Crippen LogP contribution in [0.1, 0.15) is 68.9 Å². The second-order valence-corrected chi connectivity index (χ2v) is 8.87. The van der Waals surface area contributed by atoms with Crippen molar-refractivity contribution >= 4 is 0 Å². The molecular weight excluding hydrogens is 355 g/mol. The second kappa shape index (κ2) is 12.0. The van der Waals surface area contributed by atoms with Crippen LogP contribution in [0.5, 0.6) is 0 Å². The summed E-state index contributed by atoms with van der Waals surface area (Å²) in [4.78, 5) is 0. The predicted octanol–water partition coefficient (Wildman–Crippen LogP) is 8.49. The van der Waals surface area contributed by atoms with Crippen molar-refractivity contribution in [1.82, 2.24) is 0 Å². The largest absolute Gasteiger partial charge is 0.251 e. The summed E-state index contributed by atoms with van der Waals surface area (Å²) in [5, 5.41) is 0. The van der Waals surface area contributed by atoms with Crippen LogP contribution in [0, 0.1) is 18.8 Å². The molecule has 0 atom stereocenters. The van der Waals surface area contributed by atoms with Crippen molar-refractivity contribution in [2.45, 2.75) is 71.1 Å². The average Bonchev–Trinajstić information content (AvgIpc) is 2.76. The Morgan fingerprint density at radius 2 is 1.31 bits per heavy atom. The number of allylic oxidation sites excluding steroid dienone is 2. The van der Waals surface area contributed by atoms with Gasteiger partial charge in [0, 0.05) is 0 Å². The molecule has 0 aliphatic heterocycles. The molecule has 0 saturated heterocycles. The number of alkyl halides is 1. The molecule has 0 nitrogen and oxygen atoms in total. The molecule has 0 spiro atoms. The van der Waals surface area contributed by atoms with E-state index in [2.05, 4.69) is 61.5 Å². The molecule has 29 heavy (non-hydrogen) atoms. The van der Waals surface area contributed by atoms with Gasteiger partial charge in [0.15, 0.2) is 0 Å². The molecule has 0 heterocycles. The van der Waals surface area contributed by atoms with Crippen LogP contribution in [-0.4, -0.2) is 6.67 Å². The maximum atomic E-state index is 12.0. The average molecular weight is 393 g/mol. The fourth-order valence-corrected chi connectivity index (χ4v) is 4.61. The maximum Gasteiger partial charge on any atom is 0.0928 e. The molecule has 3 rings (SSSR count). The van der Waals surface area contributed by atoms with Crippen molar-refractivity contribution in [3.63, 3.8) is 0 Å². The first-order valence-electron chi connectivity index (χ1n) is 11.6. The molecule has 2 aromatic rings. The molecule has 0 aromatic heterocycles. The van der Waals surface area contributed by atoms with Crippen LogP contribution in [0.2, 0.25) is 0 Å². The smallest absolute Gasteiger partial charge is 0.0928 e. The summed E-state index contributed by atoms with van der Waals surface area (Å²) in [6.45, 7) is 1.91. The van der Waals surface area contributed by atoms with E-state index in [-0.39, 0.29) is 6.67 Å². The Kier molecular flexibility index (Phi) is 8.99. The van der Waals surface area contributed by atoms with Crippen molar-refractivity contribution in [3.8, 4) is 11.1 Å². The van der Waals surface area contributed by atoms with E-state index in [1.807, 2.05) is 6.08 Å². The zero-order valence-electron chi connectivity index (χ0n) is 18.1. The fraction of sp³-hybridized carbons (Fsp3) is 0.500. The van der Waals surface area contributed by atoms with E-state index in [4.69, 9.17) is 0 Å². The first-order chi connectivity index (χ1) is 14.2. The van der Waals surface area contributed by atoms with Gasteiger partial charge in [0.05, 0.1) is 6.67 Å². The Balaban J connectivity index is 1.34. The minimum Gasteiger partial charge on any atom is -0.251 e. The highest BCUT2D eigenvalue weighted by Crippen LogP contribution is 2.34. The van der Waals surface area contributed by atoms with Crippen LogP contribution in [0.3, 0.4) is 0 Å². The maximum absolute atomic E-state index is 12.0. The van der Waals surface area contributed by atoms with Crippen LogP contribution >= 0.6 is 0 Å². The number of hydrogen-bond acceptors (Lipinski definition) is 0. The van der Waals surface area contributed by atoms with Crippen molar-refractivity contribution in [1.29, 1.82) is 0 Å². The number of aryl methyl sites for hydroxylation is 2. The van der Waals surface area contributed by atoms with E-state index in [9.17, 15) is 4.39 Å². The summed E-state index contributed by atoms with van der Waals surface area (Å²) in [5.74, 6) is 1.84. The summed E-state index contributed by atoms with van der Waals surface area (Å²) < 4.78 is 12.0. The third-order valence-corrected chi connectivity index (χ3v) is 6.57. The lowest BCUT2D eigenvalue weighted by molar-refractivity contribution is 0.250. The molecule has 0 N–H and O–H groups in total. The summed E-state index contributed by atoms with van der Waals surface area (Å²) in [7, 11) is 0. The molecule has 0 unspecified atom stereocenters. The van der Waals surface area contributed by atoms with Gasteiger partial charge < -0.3 is 0 Å². The van der Waals surface area contributed by atoms with Crippen molar-refractivity contribution in [3.05, 3.63) is 71.8 Å². The van der Waals surface area contributed by atoms with Crippen molar-refractivity contribution in [2.75, 3.05) is 6.67 Å². The standard InChI is InChI=1S/C28H37F/c1-23-8-18-27(19-9-23)28-20-16-26(17-21-28)15-14-25-12-10-24(11-13-25)7-5-3-2-4-6-22-29/h2,4,8-9,16-21,24-25H,3,5-7,10-15,22H2,1H3. The zero-order valence-corrected chi connectivity index (χ0v) is 18.1. The molecule has 2 aromatic carbocycles. The molecule has 1 aliphatic carbocycles. The molecule has 0 amide bonds. The van der Waals surface area contributed by atoms with Gasteiger partial charge in [0.1, 0.15) is 0 Å². The monoisotopic (exact) mass is 392 g/mol. The number of halogens is 1. The zero-order chi connectivity index (χ0) is 20.3. The van der Waals surface area contributed by atoms with E-state index in [0.717, 1.165) is 18.3 Å². The summed E-state index contributed by atoms with van der Waals surface area (Å²) in [6.07, 6.45) is 16.7. The summed E-state index contributed by atoms with van der Waals surface area (Å²) in [5.41, 5.74) is 5.40. The molecular formula is C28H37F. The van der Waals surface area contributed by atoms with Crippen LogP contribution in [0.15, 0.2) is 60.7 Å². The lowest BCUT2D eigenvalue weighted by Gasteiger charge is -2.28. The fourth-order valence-electron chi connectivity index (χ4n) is 4.61. The van der Waals surface area contributed by atoms with Gasteiger partial charge in [-0.25, -0.2) is 0 Å². The Morgan fingerprint density at radius 1 is 0.759 bits per heavy atom. The van der Waals surface area contributed by atoms with Crippen LogP contribution in [-0.2, 0) is 6.42 Å². The first-order valence-corrected chi connectivity index (χ1v) is 11.6. The number of hydrogen-bond donors (Lipinski definition) is 0. The van der Waals surface area contributed by atoms with Gasteiger partial charge in [0.2, 0.25) is 0 Å². The molecule has 0 radical (unpaired) electrons. The number of benzene rings is 2. The van der Waals surface area contributed by atoms with Gasteiger partial charge in [-0.15, -0.1) is 0 Å². The molecule has 1 aliphatic rings. The molecule has 156 valence electrons. The minimum absolute atomic E-state index is 0.225. The van der Waals surface area contributed by atoms with E-state index in [1.54, 1.807) is 0 Å². The molecule has 0 bridgehead atoms. The second-order valence-electron chi connectivity index (χ2n) is 8.87. The molecule has 1 heteroatoms. The van der Waals surface area contributed by atoms with E-state index in [1.165, 1.54) is 73.6 Å². The van der Waals surface area contributed by atoms with Crippen molar-refractivity contribution < 1.29 is 4.39 Å². The van der Waals surface area contributed by atoms with Gasteiger partial charge in [0.25, 0.3) is 0 Å². The van der Waals surface area contributed by atoms with Crippen LogP contribution < -0.4 is 0 Å². The van der Waals surface area contributed by atoms with Gasteiger partial charge in [-0.05, 0) is 67.6 Å². The van der Waals surface area contributed by atoms with Gasteiger partial charge in [-0.3, -0.25) is 4.39 Å². The highest BCUT2D eigenvalue weighted by Gasteiger charge is 2.20. The summed E-state index contributed by atoms with van der Waals surface area (Å²) >= 11 is 0. The van der Waals surface area contributed by atoms with Crippen molar-refractivity contribution in [2.24, 2.45) is 11.8 Å². The highest BCUT2D eigenvalue weighted by atomic mass is 19.1. The Bertz CT molecular complexity index is 718. The van der Waals surface area contributed by atoms with Gasteiger partial charge >= 0.3 is 0 Å². The SMILES string of the molecule is Cc1ccc(-c2ccc(CCC3CCC(CCCC=CCCF)CC3)cc2)cc1. The van der Waals surface area contributed by atoms with Gasteiger partial charge in [-0.2, -0.15) is 0 Å². The van der Waals surface area contributed by atoms with E-state index in [0.29, 0.717) is 6.42 Å². The van der Waals surface area contributed by atoms with Gasteiger partial charge in [-0.1, -0.05) is 98.4 Å². The Hall–Kier alpha value is -1.89. The quantitative estimate of drug-likeness (QED) is 0.281. The number of rotatable bonds is 10. The third-order valence-electron chi connectivity index (χ3n) is 6.57. The lowest BCUT2D eigenvalue weighted by atomic mass is 9.78. The topological polar surface area (TPSA) is 0 Å². The molecule has 1 fully saturated rings. The Morgan fingerprint density at radius 3 is 1.93 bits per heavy atom. The third kappa shape index (κ3) is 7.46. The van der Waals surface area contributed by atoms with E-state index >= 15 is 0 Å². The first kappa shape index (κ1) is 21.8. The van der Waals surface area contributed by atoms with Crippen LogP contribution in [0.25, 0.3) is 11.1 Å². The molecule has 1 saturated carbocycles. The normalized spacial score (nSPS) is 19.7. The minimum atomic E-state index is -0.225. The number of unbranched alkanes of at least 4 members (excludes halogenated alkanes) is 1. The van der Waals surface area contributed by atoms with Crippen LogP contribution in [0.4, 0.5) is 4.39 Å². The van der Waals surface area contributed by atoms with E-state index < -0.39 is 0 Å². The summed E-state index contributed by atoms with van der Waals surface area (Å²) in [6, 6.07) is 18.0. The lowest BCUT2D eigenvalue weighted by Crippen LogP contribution is -2.15. The Labute approximate surface area is 177 Å². The highest BCUT2D eigenvalue weighted by molar-refractivity contribution is 5.63. The predicted molar refractivity (Wildman–Crippen MR) is 124 cm³/mol.